The van der Waals surface area contributed by atoms with E-state index in [9.17, 15) is 22.8 Å². The molecule has 0 saturated carbocycles. The van der Waals surface area contributed by atoms with Crippen LogP contribution in [-0.4, -0.2) is 68.1 Å². The molecule has 2 amide bonds. The highest BCUT2D eigenvalue weighted by molar-refractivity contribution is 7.91. The van der Waals surface area contributed by atoms with Gasteiger partial charge in [-0.25, -0.2) is 18.2 Å². The summed E-state index contributed by atoms with van der Waals surface area (Å²) in [7, 11) is -1.75. The van der Waals surface area contributed by atoms with E-state index in [0.29, 0.717) is 6.42 Å². The van der Waals surface area contributed by atoms with Crippen molar-refractivity contribution in [3.63, 3.8) is 0 Å². The molecule has 0 bridgehead atoms. The van der Waals surface area contributed by atoms with Crippen LogP contribution in [0.4, 0.5) is 0 Å². The zero-order chi connectivity index (χ0) is 16.3. The number of nitrogens with zero attached hydrogens (tertiary/aromatic N) is 2. The van der Waals surface area contributed by atoms with Crippen LogP contribution in [0.5, 0.6) is 0 Å². The fraction of sp³-hybridized carbons (Fsp3) is 0.667. The van der Waals surface area contributed by atoms with Gasteiger partial charge in [0.2, 0.25) is 5.91 Å². The van der Waals surface area contributed by atoms with E-state index in [0.717, 1.165) is 5.01 Å². The molecule has 1 fully saturated rings. The Morgan fingerprint density at radius 2 is 2.14 bits per heavy atom. The van der Waals surface area contributed by atoms with Gasteiger partial charge in [-0.1, -0.05) is 0 Å². The van der Waals surface area contributed by atoms with Gasteiger partial charge in [-0.3, -0.25) is 9.59 Å². The van der Waals surface area contributed by atoms with E-state index in [1.165, 1.54) is 7.05 Å². The Morgan fingerprint density at radius 3 is 2.73 bits per heavy atom. The smallest absolute Gasteiger partial charge is 0.355 e. The van der Waals surface area contributed by atoms with Gasteiger partial charge < -0.3 is 10.1 Å². The van der Waals surface area contributed by atoms with Gasteiger partial charge in [-0.2, -0.15) is 5.10 Å². The Morgan fingerprint density at radius 1 is 1.41 bits per heavy atom. The first kappa shape index (κ1) is 16.4. The van der Waals surface area contributed by atoms with Crippen molar-refractivity contribution >= 4 is 33.3 Å². The molecule has 0 aromatic heterocycles. The summed E-state index contributed by atoms with van der Waals surface area (Å²) < 4.78 is 27.8. The lowest BCUT2D eigenvalue weighted by Crippen LogP contribution is -2.42. The van der Waals surface area contributed by atoms with Crippen molar-refractivity contribution in [2.45, 2.75) is 25.3 Å². The molecule has 0 unspecified atom stereocenters. The highest BCUT2D eigenvalue weighted by Gasteiger charge is 2.37. The standard InChI is InChI=1S/C12H17N3O6S/c1-13-10(16)6-21-12(18)9-2-3-11(17)15(14-9)8-4-5-22(19,20)7-8/h8H,2-7H2,1H3,(H,13,16)/t8-/m0/s1. The van der Waals surface area contributed by atoms with Crippen molar-refractivity contribution in [1.82, 2.24) is 10.3 Å². The lowest BCUT2D eigenvalue weighted by molar-refractivity contribution is -0.142. The van der Waals surface area contributed by atoms with Crippen LogP contribution >= 0.6 is 0 Å². The first-order chi connectivity index (χ1) is 10.3. The number of hydrazone groups is 1. The zero-order valence-electron chi connectivity index (χ0n) is 12.1. The molecule has 122 valence electrons. The number of hydrogen-bond acceptors (Lipinski definition) is 7. The van der Waals surface area contributed by atoms with Crippen molar-refractivity contribution < 1.29 is 27.5 Å². The zero-order valence-corrected chi connectivity index (χ0v) is 12.9. The van der Waals surface area contributed by atoms with Crippen LogP contribution in [0.3, 0.4) is 0 Å². The van der Waals surface area contributed by atoms with Gasteiger partial charge in [-0.15, -0.1) is 0 Å². The molecule has 0 aromatic carbocycles. The Bertz CT molecular complexity index is 627. The van der Waals surface area contributed by atoms with Gasteiger partial charge in [0, 0.05) is 19.9 Å². The number of hydrogen-bond donors (Lipinski definition) is 1. The maximum atomic E-state index is 11.9. The average Bonchev–Trinajstić information content (AvgIpc) is 2.84. The Balaban J connectivity index is 2.06. The van der Waals surface area contributed by atoms with Crippen LogP contribution in [0.25, 0.3) is 0 Å². The molecule has 2 rings (SSSR count). The maximum Gasteiger partial charge on any atom is 0.355 e. The quantitative estimate of drug-likeness (QED) is 0.622. The number of rotatable bonds is 4. The maximum absolute atomic E-state index is 11.9. The average molecular weight is 331 g/mol. The minimum absolute atomic E-state index is 0.00736. The summed E-state index contributed by atoms with van der Waals surface area (Å²) in [6.07, 6.45) is 0.476. The summed E-state index contributed by atoms with van der Waals surface area (Å²) in [5, 5.41) is 7.32. The summed E-state index contributed by atoms with van der Waals surface area (Å²) in [6, 6.07) is -0.542. The van der Waals surface area contributed by atoms with E-state index >= 15 is 0 Å². The van der Waals surface area contributed by atoms with Gasteiger partial charge in [0.15, 0.2) is 16.4 Å². The fourth-order valence-corrected chi connectivity index (χ4v) is 3.95. The van der Waals surface area contributed by atoms with Crippen LogP contribution < -0.4 is 5.32 Å². The molecule has 1 atom stereocenters. The molecule has 0 spiro atoms. The van der Waals surface area contributed by atoms with Gasteiger partial charge in [0.05, 0.1) is 17.5 Å². The number of sulfone groups is 1. The van der Waals surface area contributed by atoms with Gasteiger partial charge in [-0.05, 0) is 6.42 Å². The number of likely N-dealkylation sites (N-methyl/N-ethyl adjacent to an activating group) is 1. The molecule has 1 saturated heterocycles. The first-order valence-corrected chi connectivity index (χ1v) is 8.62. The topological polar surface area (TPSA) is 122 Å². The number of esters is 1. The largest absolute Gasteiger partial charge is 0.451 e. The van der Waals surface area contributed by atoms with Crippen LogP contribution in [-0.2, 0) is 29.0 Å². The number of ether oxygens (including phenoxy) is 1. The Labute approximate surface area is 127 Å². The summed E-state index contributed by atoms with van der Waals surface area (Å²) in [5.41, 5.74) is 0.0211. The van der Waals surface area contributed by atoms with Gasteiger partial charge in [0.1, 0.15) is 5.71 Å². The molecule has 22 heavy (non-hydrogen) atoms. The Hall–Kier alpha value is -1.97. The van der Waals surface area contributed by atoms with Gasteiger partial charge in [0.25, 0.3) is 5.91 Å². The molecule has 9 nitrogen and oxygen atoms in total. The molecular formula is C12H17N3O6S. The monoisotopic (exact) mass is 331 g/mol. The predicted molar refractivity (Wildman–Crippen MR) is 75.6 cm³/mol. The van der Waals surface area contributed by atoms with E-state index in [4.69, 9.17) is 4.74 Å². The Kier molecular flexibility index (Phi) is 4.79. The van der Waals surface area contributed by atoms with Crippen molar-refractivity contribution in [3.05, 3.63) is 0 Å². The molecule has 2 aliphatic heterocycles. The minimum Gasteiger partial charge on any atom is -0.451 e. The van der Waals surface area contributed by atoms with Crippen LogP contribution in [0.1, 0.15) is 19.3 Å². The van der Waals surface area contributed by atoms with Crippen LogP contribution in [0.15, 0.2) is 5.10 Å². The lowest BCUT2D eigenvalue weighted by Gasteiger charge is -2.27. The molecule has 0 radical (unpaired) electrons. The van der Waals surface area contributed by atoms with E-state index in [1.54, 1.807) is 0 Å². The second kappa shape index (κ2) is 6.42. The van der Waals surface area contributed by atoms with E-state index < -0.39 is 34.4 Å². The molecule has 10 heteroatoms. The van der Waals surface area contributed by atoms with Crippen molar-refractivity contribution in [3.8, 4) is 0 Å². The third-order valence-corrected chi connectivity index (χ3v) is 5.21. The van der Waals surface area contributed by atoms with Crippen molar-refractivity contribution in [2.75, 3.05) is 25.2 Å². The summed E-state index contributed by atoms with van der Waals surface area (Å²) in [5.74, 6) is -1.69. The number of carbonyl (C=O) groups is 3. The summed E-state index contributed by atoms with van der Waals surface area (Å²) in [6.45, 7) is -0.430. The highest BCUT2D eigenvalue weighted by Crippen LogP contribution is 2.22. The van der Waals surface area contributed by atoms with E-state index in [2.05, 4.69) is 10.4 Å². The normalized spacial score (nSPS) is 23.9. The fourth-order valence-electron chi connectivity index (χ4n) is 2.26. The molecule has 1 N–H and O–H groups in total. The minimum atomic E-state index is -3.16. The third kappa shape index (κ3) is 3.81. The first-order valence-electron chi connectivity index (χ1n) is 6.80. The number of carbonyl (C=O) groups excluding carboxylic acids is 3. The second-order valence-electron chi connectivity index (χ2n) is 5.09. The third-order valence-electron chi connectivity index (χ3n) is 3.46. The van der Waals surface area contributed by atoms with E-state index in [-0.39, 0.29) is 36.0 Å². The highest BCUT2D eigenvalue weighted by atomic mass is 32.2. The van der Waals surface area contributed by atoms with Crippen LogP contribution in [0, 0.1) is 0 Å². The van der Waals surface area contributed by atoms with Crippen LogP contribution in [0.2, 0.25) is 0 Å². The lowest BCUT2D eigenvalue weighted by atomic mass is 10.1. The predicted octanol–water partition coefficient (Wildman–Crippen LogP) is -1.56. The van der Waals surface area contributed by atoms with Gasteiger partial charge >= 0.3 is 5.97 Å². The SMILES string of the molecule is CNC(=O)COC(=O)C1=NN([C@H]2CCS(=O)(=O)C2)C(=O)CC1. The number of amides is 2. The van der Waals surface area contributed by atoms with E-state index in [1.807, 2.05) is 0 Å². The number of nitrogens with one attached hydrogen (secondary N) is 1. The molecule has 2 heterocycles. The molecule has 2 aliphatic rings. The molecule has 0 aromatic rings. The summed E-state index contributed by atoms with van der Waals surface area (Å²) >= 11 is 0. The van der Waals surface area contributed by atoms with Crippen molar-refractivity contribution in [1.29, 1.82) is 0 Å². The summed E-state index contributed by atoms with van der Waals surface area (Å²) in [4.78, 5) is 34.7. The molecular weight excluding hydrogens is 314 g/mol. The van der Waals surface area contributed by atoms with Crippen molar-refractivity contribution in [2.24, 2.45) is 5.10 Å². The second-order valence-corrected chi connectivity index (χ2v) is 7.32. The molecule has 0 aliphatic carbocycles.